The minimum atomic E-state index is -0.295. The number of nitrogens with one attached hydrogen (secondary N) is 1. The van der Waals surface area contributed by atoms with Gasteiger partial charge in [-0.25, -0.2) is 4.79 Å². The van der Waals surface area contributed by atoms with Crippen molar-refractivity contribution in [3.8, 4) is 17.6 Å². The van der Waals surface area contributed by atoms with E-state index in [0.717, 1.165) is 5.75 Å². The molecule has 0 radical (unpaired) electrons. The van der Waals surface area contributed by atoms with E-state index in [0.29, 0.717) is 30.2 Å². The number of benzene rings is 2. The fraction of sp³-hybridized carbons (Fsp3) is 0.222. The van der Waals surface area contributed by atoms with Crippen molar-refractivity contribution >= 4 is 11.7 Å². The van der Waals surface area contributed by atoms with Gasteiger partial charge in [0.25, 0.3) is 0 Å². The Morgan fingerprint density at radius 1 is 1.17 bits per heavy atom. The predicted octanol–water partition coefficient (Wildman–Crippen LogP) is 3.11. The summed E-state index contributed by atoms with van der Waals surface area (Å²) in [6.45, 7) is 0.767. The third-order valence-corrected chi connectivity index (χ3v) is 3.39. The number of hydrogen-bond donors (Lipinski definition) is 1. The molecule has 0 bridgehead atoms. The molecule has 6 heteroatoms. The number of amides is 2. The van der Waals surface area contributed by atoms with Gasteiger partial charge in [-0.2, -0.15) is 5.26 Å². The average Bonchev–Trinajstić information content (AvgIpc) is 2.62. The normalized spacial score (nSPS) is 9.71. The Balaban J connectivity index is 1.82. The molecular weight excluding hydrogens is 306 g/mol. The molecule has 0 aliphatic heterocycles. The molecule has 2 rings (SSSR count). The summed E-state index contributed by atoms with van der Waals surface area (Å²) < 4.78 is 10.7. The van der Waals surface area contributed by atoms with E-state index in [4.69, 9.17) is 14.7 Å². The van der Waals surface area contributed by atoms with Crippen molar-refractivity contribution in [3.63, 3.8) is 0 Å². The lowest BCUT2D eigenvalue weighted by Gasteiger charge is -2.18. The molecular formula is C18H19N3O3. The summed E-state index contributed by atoms with van der Waals surface area (Å²) >= 11 is 0. The molecule has 0 spiro atoms. The summed E-state index contributed by atoms with van der Waals surface area (Å²) in [4.78, 5) is 13.6. The van der Waals surface area contributed by atoms with Crippen molar-refractivity contribution in [1.82, 2.24) is 4.90 Å². The molecule has 0 heterocycles. The lowest BCUT2D eigenvalue weighted by atomic mass is 10.2. The van der Waals surface area contributed by atoms with Crippen LogP contribution in [0.3, 0.4) is 0 Å². The smallest absolute Gasteiger partial charge is 0.321 e. The van der Waals surface area contributed by atoms with Crippen molar-refractivity contribution in [2.75, 3.05) is 32.6 Å². The zero-order valence-corrected chi connectivity index (χ0v) is 13.7. The fourth-order valence-corrected chi connectivity index (χ4v) is 1.97. The minimum Gasteiger partial charge on any atom is -0.497 e. The number of methoxy groups -OCH3 is 1. The topological polar surface area (TPSA) is 74.6 Å². The van der Waals surface area contributed by atoms with Crippen molar-refractivity contribution < 1.29 is 14.3 Å². The quantitative estimate of drug-likeness (QED) is 0.885. The van der Waals surface area contributed by atoms with Crippen molar-refractivity contribution in [3.05, 3.63) is 54.1 Å². The lowest BCUT2D eigenvalue weighted by Crippen LogP contribution is -2.34. The number of para-hydroxylation sites is 1. The first-order valence-electron chi connectivity index (χ1n) is 7.42. The van der Waals surface area contributed by atoms with Crippen LogP contribution in [0.5, 0.6) is 11.5 Å². The van der Waals surface area contributed by atoms with Gasteiger partial charge >= 0.3 is 6.03 Å². The van der Waals surface area contributed by atoms with Crippen LogP contribution >= 0.6 is 0 Å². The fourth-order valence-electron chi connectivity index (χ4n) is 1.97. The largest absolute Gasteiger partial charge is 0.497 e. The maximum atomic E-state index is 12.1. The number of nitrogens with zero attached hydrogens (tertiary/aromatic N) is 2. The third-order valence-electron chi connectivity index (χ3n) is 3.39. The van der Waals surface area contributed by atoms with Gasteiger partial charge in [0.2, 0.25) is 0 Å². The van der Waals surface area contributed by atoms with Gasteiger partial charge in [-0.1, -0.05) is 12.1 Å². The first kappa shape index (κ1) is 17.2. The Morgan fingerprint density at radius 2 is 1.83 bits per heavy atom. The molecule has 6 nitrogen and oxygen atoms in total. The number of rotatable bonds is 6. The van der Waals surface area contributed by atoms with Gasteiger partial charge in [-0.05, 0) is 36.4 Å². The van der Waals surface area contributed by atoms with E-state index in [9.17, 15) is 4.79 Å². The van der Waals surface area contributed by atoms with E-state index in [2.05, 4.69) is 5.32 Å². The first-order chi connectivity index (χ1) is 11.6. The number of carbonyl (C=O) groups is 1. The SMILES string of the molecule is COc1ccc(OCCN(C)C(=O)Nc2ccccc2C#N)cc1. The second-order valence-corrected chi connectivity index (χ2v) is 5.03. The van der Waals surface area contributed by atoms with E-state index >= 15 is 0 Å². The van der Waals surface area contributed by atoms with Crippen molar-refractivity contribution in [1.29, 1.82) is 5.26 Å². The van der Waals surface area contributed by atoms with Crippen LogP contribution < -0.4 is 14.8 Å². The molecule has 0 aliphatic rings. The molecule has 0 saturated carbocycles. The van der Waals surface area contributed by atoms with Crippen LogP contribution in [0.25, 0.3) is 0 Å². The molecule has 2 amide bonds. The van der Waals surface area contributed by atoms with Crippen molar-refractivity contribution in [2.24, 2.45) is 0 Å². The molecule has 0 fully saturated rings. The number of carbonyl (C=O) groups excluding carboxylic acids is 1. The summed E-state index contributed by atoms with van der Waals surface area (Å²) in [7, 11) is 3.27. The predicted molar refractivity (Wildman–Crippen MR) is 91.3 cm³/mol. The summed E-state index contributed by atoms with van der Waals surface area (Å²) in [6, 6.07) is 15.9. The molecule has 0 saturated heterocycles. The average molecular weight is 325 g/mol. The molecule has 2 aromatic carbocycles. The Morgan fingerprint density at radius 3 is 2.50 bits per heavy atom. The van der Waals surface area contributed by atoms with Gasteiger partial charge in [0.1, 0.15) is 24.2 Å². The summed E-state index contributed by atoms with van der Waals surface area (Å²) in [5.41, 5.74) is 0.918. The van der Waals surface area contributed by atoms with E-state index in [1.165, 1.54) is 4.90 Å². The van der Waals surface area contributed by atoms with Crippen LogP contribution in [-0.2, 0) is 0 Å². The van der Waals surface area contributed by atoms with Gasteiger partial charge < -0.3 is 19.7 Å². The zero-order valence-electron chi connectivity index (χ0n) is 13.7. The number of ether oxygens (including phenoxy) is 2. The molecule has 24 heavy (non-hydrogen) atoms. The number of likely N-dealkylation sites (N-methyl/N-ethyl adjacent to an activating group) is 1. The van der Waals surface area contributed by atoms with Crippen molar-refractivity contribution in [2.45, 2.75) is 0 Å². The Labute approximate surface area is 141 Å². The van der Waals surface area contributed by atoms with Crippen LogP contribution in [0, 0.1) is 11.3 Å². The van der Waals surface area contributed by atoms with Crippen LogP contribution in [0.1, 0.15) is 5.56 Å². The molecule has 0 atom stereocenters. The Hall–Kier alpha value is -3.20. The number of hydrogen-bond acceptors (Lipinski definition) is 4. The highest BCUT2D eigenvalue weighted by atomic mass is 16.5. The van der Waals surface area contributed by atoms with Gasteiger partial charge in [0, 0.05) is 7.05 Å². The summed E-state index contributed by atoms with van der Waals surface area (Å²) in [5.74, 6) is 1.47. The molecule has 2 aromatic rings. The zero-order chi connectivity index (χ0) is 17.4. The molecule has 0 unspecified atom stereocenters. The van der Waals surface area contributed by atoms with Gasteiger partial charge in [0.05, 0.1) is 24.9 Å². The van der Waals surface area contributed by atoms with Crippen LogP contribution in [-0.4, -0.2) is 38.2 Å². The van der Waals surface area contributed by atoms with Gasteiger partial charge in [-0.15, -0.1) is 0 Å². The van der Waals surface area contributed by atoms with E-state index in [1.54, 1.807) is 38.4 Å². The second kappa shape index (κ2) is 8.44. The maximum absolute atomic E-state index is 12.1. The van der Waals surface area contributed by atoms with E-state index < -0.39 is 0 Å². The number of nitriles is 1. The second-order valence-electron chi connectivity index (χ2n) is 5.03. The molecule has 0 aliphatic carbocycles. The number of anilines is 1. The molecule has 1 N–H and O–H groups in total. The van der Waals surface area contributed by atoms with Crippen LogP contribution in [0.4, 0.5) is 10.5 Å². The van der Waals surface area contributed by atoms with Gasteiger partial charge in [-0.3, -0.25) is 0 Å². The van der Waals surface area contributed by atoms with Crippen LogP contribution in [0.15, 0.2) is 48.5 Å². The minimum absolute atomic E-state index is 0.295. The highest BCUT2D eigenvalue weighted by Gasteiger charge is 2.11. The highest BCUT2D eigenvalue weighted by Crippen LogP contribution is 2.17. The summed E-state index contributed by atoms with van der Waals surface area (Å²) in [5, 5.41) is 11.7. The Kier molecular flexibility index (Phi) is 6.03. The standard InChI is InChI=1S/C18H19N3O3/c1-21(11-12-24-16-9-7-15(23-2)8-10-16)18(22)20-17-6-4-3-5-14(17)13-19/h3-10H,11-12H2,1-2H3,(H,20,22). The monoisotopic (exact) mass is 325 g/mol. The number of urea groups is 1. The van der Waals surface area contributed by atoms with E-state index in [-0.39, 0.29) is 6.03 Å². The maximum Gasteiger partial charge on any atom is 0.321 e. The first-order valence-corrected chi connectivity index (χ1v) is 7.42. The summed E-state index contributed by atoms with van der Waals surface area (Å²) in [6.07, 6.45) is 0. The third kappa shape index (κ3) is 4.65. The molecule has 0 aromatic heterocycles. The van der Waals surface area contributed by atoms with Gasteiger partial charge in [0.15, 0.2) is 0 Å². The lowest BCUT2D eigenvalue weighted by molar-refractivity contribution is 0.207. The highest BCUT2D eigenvalue weighted by molar-refractivity contribution is 5.90. The molecule has 124 valence electrons. The Bertz CT molecular complexity index is 723. The van der Waals surface area contributed by atoms with E-state index in [1.807, 2.05) is 30.3 Å². The van der Waals surface area contributed by atoms with Crippen LogP contribution in [0.2, 0.25) is 0 Å².